The second-order valence-electron chi connectivity index (χ2n) is 5.57. The van der Waals surface area contributed by atoms with Crippen LogP contribution in [0.5, 0.6) is 0 Å². The van der Waals surface area contributed by atoms with E-state index in [9.17, 15) is 0 Å². The molecule has 1 saturated carbocycles. The molecule has 0 aliphatic heterocycles. The monoisotopic (exact) mass is 291 g/mol. The van der Waals surface area contributed by atoms with Crippen molar-refractivity contribution < 1.29 is 4.42 Å². The standard InChI is InChI=1S/C15H17N3O.ClH/c16-11-2-1-3-13-14(11)18-15(19-13)10-6-7-17-12(8-10)9-4-5-9;/h6-9,11H,1-5,16H2;1H/t11-;/m0./s1. The van der Waals surface area contributed by atoms with Crippen molar-refractivity contribution in [3.05, 3.63) is 35.5 Å². The second-order valence-corrected chi connectivity index (χ2v) is 5.57. The predicted octanol–water partition coefficient (Wildman–Crippen LogP) is 3.37. The number of fused-ring (bicyclic) bond motifs is 1. The first-order valence-electron chi connectivity index (χ1n) is 7.03. The number of hydrogen-bond acceptors (Lipinski definition) is 4. The average molecular weight is 292 g/mol. The molecule has 5 heteroatoms. The molecular formula is C15H18ClN3O. The molecule has 0 bridgehead atoms. The zero-order valence-corrected chi connectivity index (χ0v) is 12.0. The van der Waals surface area contributed by atoms with Crippen LogP contribution >= 0.6 is 12.4 Å². The third-order valence-electron chi connectivity index (χ3n) is 4.02. The van der Waals surface area contributed by atoms with Gasteiger partial charge in [-0.05, 0) is 37.8 Å². The van der Waals surface area contributed by atoms with Crippen molar-refractivity contribution in [2.45, 2.75) is 44.1 Å². The van der Waals surface area contributed by atoms with Crippen LogP contribution in [-0.4, -0.2) is 9.97 Å². The molecule has 2 N–H and O–H groups in total. The normalized spacial score (nSPS) is 21.1. The van der Waals surface area contributed by atoms with Crippen LogP contribution in [0, 0.1) is 0 Å². The Bertz CT molecular complexity index is 621. The van der Waals surface area contributed by atoms with Gasteiger partial charge in [0.05, 0.1) is 11.7 Å². The molecule has 0 aromatic carbocycles. The Morgan fingerprint density at radius 2 is 2.10 bits per heavy atom. The van der Waals surface area contributed by atoms with E-state index in [-0.39, 0.29) is 18.4 Å². The summed E-state index contributed by atoms with van der Waals surface area (Å²) in [5.41, 5.74) is 9.23. The summed E-state index contributed by atoms with van der Waals surface area (Å²) >= 11 is 0. The minimum atomic E-state index is 0. The Balaban J connectivity index is 0.00000121. The molecule has 20 heavy (non-hydrogen) atoms. The average Bonchev–Trinajstić information content (AvgIpc) is 3.19. The fraction of sp³-hybridized carbons (Fsp3) is 0.467. The molecule has 1 fully saturated rings. The first kappa shape index (κ1) is 13.6. The number of hydrogen-bond donors (Lipinski definition) is 1. The maximum atomic E-state index is 6.09. The van der Waals surface area contributed by atoms with Crippen LogP contribution in [-0.2, 0) is 6.42 Å². The molecule has 0 amide bonds. The largest absolute Gasteiger partial charge is 0.441 e. The molecule has 4 rings (SSSR count). The van der Waals surface area contributed by atoms with Crippen LogP contribution in [0.4, 0.5) is 0 Å². The lowest BCUT2D eigenvalue weighted by Gasteiger charge is -2.14. The maximum Gasteiger partial charge on any atom is 0.226 e. The van der Waals surface area contributed by atoms with Gasteiger partial charge in [-0.1, -0.05) is 0 Å². The Labute approximate surface area is 124 Å². The fourth-order valence-electron chi connectivity index (χ4n) is 2.76. The van der Waals surface area contributed by atoms with Gasteiger partial charge in [-0.25, -0.2) is 4.98 Å². The quantitative estimate of drug-likeness (QED) is 0.921. The maximum absolute atomic E-state index is 6.09. The molecule has 2 aliphatic carbocycles. The topological polar surface area (TPSA) is 64.9 Å². The zero-order valence-electron chi connectivity index (χ0n) is 11.2. The highest BCUT2D eigenvalue weighted by atomic mass is 35.5. The van der Waals surface area contributed by atoms with Gasteiger partial charge in [0, 0.05) is 29.8 Å². The van der Waals surface area contributed by atoms with E-state index >= 15 is 0 Å². The van der Waals surface area contributed by atoms with E-state index < -0.39 is 0 Å². The molecule has 2 heterocycles. The third-order valence-corrected chi connectivity index (χ3v) is 4.02. The van der Waals surface area contributed by atoms with Crippen molar-refractivity contribution in [2.24, 2.45) is 5.73 Å². The molecule has 0 unspecified atom stereocenters. The fourth-order valence-corrected chi connectivity index (χ4v) is 2.76. The van der Waals surface area contributed by atoms with Crippen LogP contribution < -0.4 is 5.73 Å². The van der Waals surface area contributed by atoms with Crippen molar-refractivity contribution in [1.29, 1.82) is 0 Å². The van der Waals surface area contributed by atoms with E-state index in [0.29, 0.717) is 11.8 Å². The SMILES string of the molecule is Cl.N[C@H]1CCCc2oc(-c3ccnc(C4CC4)c3)nc21. The summed E-state index contributed by atoms with van der Waals surface area (Å²) in [6.07, 6.45) is 7.41. The summed E-state index contributed by atoms with van der Waals surface area (Å²) in [7, 11) is 0. The highest BCUT2D eigenvalue weighted by molar-refractivity contribution is 5.85. The van der Waals surface area contributed by atoms with Crippen LogP contribution in [0.2, 0.25) is 0 Å². The summed E-state index contributed by atoms with van der Waals surface area (Å²) in [4.78, 5) is 9.03. The minimum Gasteiger partial charge on any atom is -0.441 e. The molecule has 0 spiro atoms. The molecule has 1 atom stereocenters. The van der Waals surface area contributed by atoms with Gasteiger partial charge in [0.2, 0.25) is 5.89 Å². The Morgan fingerprint density at radius 1 is 1.25 bits per heavy atom. The number of aryl methyl sites for hydroxylation is 1. The lowest BCUT2D eigenvalue weighted by molar-refractivity contribution is 0.460. The van der Waals surface area contributed by atoms with Gasteiger partial charge in [-0.3, -0.25) is 4.98 Å². The summed E-state index contributed by atoms with van der Waals surface area (Å²) < 4.78 is 5.90. The van der Waals surface area contributed by atoms with Crippen molar-refractivity contribution in [2.75, 3.05) is 0 Å². The number of nitrogens with two attached hydrogens (primary N) is 1. The number of oxazole rings is 1. The Morgan fingerprint density at radius 3 is 2.85 bits per heavy atom. The molecule has 2 aliphatic rings. The molecule has 2 aromatic rings. The summed E-state index contributed by atoms with van der Waals surface area (Å²) in [6.45, 7) is 0. The lowest BCUT2D eigenvalue weighted by atomic mass is 9.98. The third kappa shape index (κ3) is 2.34. The Kier molecular flexibility index (Phi) is 3.52. The van der Waals surface area contributed by atoms with Gasteiger partial charge >= 0.3 is 0 Å². The predicted molar refractivity (Wildman–Crippen MR) is 78.8 cm³/mol. The smallest absolute Gasteiger partial charge is 0.226 e. The van der Waals surface area contributed by atoms with E-state index in [1.807, 2.05) is 12.3 Å². The van der Waals surface area contributed by atoms with E-state index in [2.05, 4.69) is 16.0 Å². The molecule has 0 radical (unpaired) electrons. The second kappa shape index (κ2) is 5.19. The molecule has 106 valence electrons. The van der Waals surface area contributed by atoms with E-state index in [1.165, 1.54) is 12.8 Å². The van der Waals surface area contributed by atoms with Gasteiger partial charge in [0.1, 0.15) is 5.76 Å². The van der Waals surface area contributed by atoms with Crippen LogP contribution in [0.1, 0.15) is 54.8 Å². The van der Waals surface area contributed by atoms with Crippen molar-refractivity contribution in [1.82, 2.24) is 9.97 Å². The minimum absolute atomic E-state index is 0. The highest BCUT2D eigenvalue weighted by Gasteiger charge is 2.27. The van der Waals surface area contributed by atoms with Crippen molar-refractivity contribution >= 4 is 12.4 Å². The van der Waals surface area contributed by atoms with Gasteiger partial charge in [-0.2, -0.15) is 0 Å². The first-order valence-corrected chi connectivity index (χ1v) is 7.03. The molecule has 2 aromatic heterocycles. The summed E-state index contributed by atoms with van der Waals surface area (Å²) in [5.74, 6) is 2.32. The van der Waals surface area contributed by atoms with Gasteiger partial charge in [0.25, 0.3) is 0 Å². The van der Waals surface area contributed by atoms with Crippen LogP contribution in [0.15, 0.2) is 22.7 Å². The number of pyridine rings is 1. The first-order chi connectivity index (χ1) is 9.31. The van der Waals surface area contributed by atoms with E-state index in [1.54, 1.807) is 0 Å². The van der Waals surface area contributed by atoms with Gasteiger partial charge in [0.15, 0.2) is 0 Å². The zero-order chi connectivity index (χ0) is 12.8. The number of halogens is 1. The molecule has 0 saturated heterocycles. The lowest BCUT2D eigenvalue weighted by Crippen LogP contribution is -2.16. The number of rotatable bonds is 2. The Hall–Kier alpha value is -1.39. The van der Waals surface area contributed by atoms with Crippen molar-refractivity contribution in [3.8, 4) is 11.5 Å². The van der Waals surface area contributed by atoms with Crippen molar-refractivity contribution in [3.63, 3.8) is 0 Å². The van der Waals surface area contributed by atoms with Crippen LogP contribution in [0.3, 0.4) is 0 Å². The molecular weight excluding hydrogens is 274 g/mol. The van der Waals surface area contributed by atoms with E-state index in [0.717, 1.165) is 42.0 Å². The highest BCUT2D eigenvalue weighted by Crippen LogP contribution is 2.40. The van der Waals surface area contributed by atoms with Gasteiger partial charge < -0.3 is 10.2 Å². The summed E-state index contributed by atoms with van der Waals surface area (Å²) in [5, 5.41) is 0. The number of aromatic nitrogens is 2. The van der Waals surface area contributed by atoms with Gasteiger partial charge in [-0.15, -0.1) is 12.4 Å². The van der Waals surface area contributed by atoms with E-state index in [4.69, 9.17) is 10.2 Å². The molecule has 4 nitrogen and oxygen atoms in total. The number of nitrogens with zero attached hydrogens (tertiary/aromatic N) is 2. The summed E-state index contributed by atoms with van der Waals surface area (Å²) in [6, 6.07) is 4.11. The van der Waals surface area contributed by atoms with Crippen LogP contribution in [0.25, 0.3) is 11.5 Å².